The van der Waals surface area contributed by atoms with Gasteiger partial charge in [-0.25, -0.2) is 0 Å². The minimum Gasteiger partial charge on any atom is -0.376 e. The number of aryl methyl sites for hydroxylation is 1. The molecule has 7 heteroatoms. The Morgan fingerprint density at radius 3 is 2.84 bits per heavy atom. The maximum absolute atomic E-state index is 12.5. The average molecular weight is 357 g/mol. The lowest BCUT2D eigenvalue weighted by molar-refractivity contribution is -0.117. The van der Waals surface area contributed by atoms with Gasteiger partial charge < -0.3 is 10.1 Å². The summed E-state index contributed by atoms with van der Waals surface area (Å²) in [7, 11) is 0. The highest BCUT2D eigenvalue weighted by atomic mass is 32.2. The van der Waals surface area contributed by atoms with E-state index in [2.05, 4.69) is 5.32 Å². The number of ether oxygens (including phenoxy) is 1. The van der Waals surface area contributed by atoms with Crippen LogP contribution in [0.15, 0.2) is 34.9 Å². The van der Waals surface area contributed by atoms with Gasteiger partial charge in [-0.1, -0.05) is 29.5 Å². The molecule has 25 heavy (non-hydrogen) atoms. The minimum atomic E-state index is -0.465. The van der Waals surface area contributed by atoms with E-state index in [0.717, 1.165) is 18.4 Å². The Kier molecular flexibility index (Phi) is 5.41. The summed E-state index contributed by atoms with van der Waals surface area (Å²) in [5.41, 5.74) is 1.70. The largest absolute Gasteiger partial charge is 0.376 e. The van der Waals surface area contributed by atoms with Crippen molar-refractivity contribution in [1.29, 1.82) is 5.26 Å². The summed E-state index contributed by atoms with van der Waals surface area (Å²) >= 11 is 1.22. The molecule has 0 bridgehead atoms. The van der Waals surface area contributed by atoms with Gasteiger partial charge in [-0.3, -0.25) is 14.5 Å². The monoisotopic (exact) mass is 357 g/mol. The van der Waals surface area contributed by atoms with Crippen molar-refractivity contribution < 1.29 is 14.3 Å². The quantitative estimate of drug-likeness (QED) is 0.659. The van der Waals surface area contributed by atoms with Crippen molar-refractivity contribution in [3.05, 3.63) is 40.4 Å². The first kappa shape index (κ1) is 17.5. The van der Waals surface area contributed by atoms with Crippen molar-refractivity contribution in [1.82, 2.24) is 5.32 Å². The number of rotatable bonds is 4. The standard InChI is InChI=1S/C18H19N3O3S/c1-12-4-6-13(7-5-12)21-16(22)11-25-18(21)15(9-19)17(23)20-10-14-3-2-8-24-14/h4-7,14H,2-3,8,10-11H2,1H3,(H,20,23)/b18-15+/t14-/m0/s1. The first-order valence-corrected chi connectivity index (χ1v) is 9.15. The van der Waals surface area contributed by atoms with Crippen molar-refractivity contribution in [3.63, 3.8) is 0 Å². The summed E-state index contributed by atoms with van der Waals surface area (Å²) in [6, 6.07) is 9.39. The fourth-order valence-corrected chi connectivity index (χ4v) is 3.82. The van der Waals surface area contributed by atoms with Crippen LogP contribution in [0.3, 0.4) is 0 Å². The summed E-state index contributed by atoms with van der Waals surface area (Å²) in [4.78, 5) is 26.2. The number of amides is 2. The number of nitriles is 1. The number of anilines is 1. The van der Waals surface area contributed by atoms with E-state index in [1.54, 1.807) is 0 Å². The third-order valence-electron chi connectivity index (χ3n) is 4.14. The first-order valence-electron chi connectivity index (χ1n) is 8.16. The van der Waals surface area contributed by atoms with Crippen molar-refractivity contribution in [2.45, 2.75) is 25.9 Å². The van der Waals surface area contributed by atoms with Crippen LogP contribution in [0, 0.1) is 18.3 Å². The maximum atomic E-state index is 12.5. The van der Waals surface area contributed by atoms with E-state index in [4.69, 9.17) is 4.74 Å². The number of nitrogens with one attached hydrogen (secondary N) is 1. The minimum absolute atomic E-state index is 0.0000393. The van der Waals surface area contributed by atoms with E-state index >= 15 is 0 Å². The number of carbonyl (C=O) groups is 2. The summed E-state index contributed by atoms with van der Waals surface area (Å²) in [6.07, 6.45) is 1.89. The Hall–Kier alpha value is -2.30. The predicted molar refractivity (Wildman–Crippen MR) is 95.7 cm³/mol. The van der Waals surface area contributed by atoms with Gasteiger partial charge in [0.1, 0.15) is 16.7 Å². The van der Waals surface area contributed by atoms with Gasteiger partial charge in [0, 0.05) is 18.8 Å². The molecule has 2 fully saturated rings. The molecule has 1 atom stereocenters. The maximum Gasteiger partial charge on any atom is 0.264 e. The van der Waals surface area contributed by atoms with Crippen molar-refractivity contribution in [3.8, 4) is 6.07 Å². The second-order valence-electron chi connectivity index (χ2n) is 5.99. The Balaban J connectivity index is 1.83. The lowest BCUT2D eigenvalue weighted by atomic mass is 10.2. The molecule has 0 radical (unpaired) electrons. The molecule has 3 rings (SSSR count). The molecule has 0 aromatic heterocycles. The Morgan fingerprint density at radius 2 is 2.20 bits per heavy atom. The zero-order valence-corrected chi connectivity index (χ0v) is 14.8. The smallest absolute Gasteiger partial charge is 0.264 e. The molecule has 130 valence electrons. The molecule has 1 aromatic carbocycles. The Bertz CT molecular complexity index is 746. The van der Waals surface area contributed by atoms with E-state index in [9.17, 15) is 14.9 Å². The van der Waals surface area contributed by atoms with Crippen LogP contribution in [0.5, 0.6) is 0 Å². The summed E-state index contributed by atoms with van der Waals surface area (Å²) in [5.74, 6) is -0.385. The average Bonchev–Trinajstić information content (AvgIpc) is 3.25. The van der Waals surface area contributed by atoms with Crippen LogP contribution >= 0.6 is 11.8 Å². The third-order valence-corrected chi connectivity index (χ3v) is 5.20. The fourth-order valence-electron chi connectivity index (χ4n) is 2.81. The molecular formula is C18H19N3O3S. The van der Waals surface area contributed by atoms with E-state index in [-0.39, 0.29) is 23.3 Å². The fraction of sp³-hybridized carbons (Fsp3) is 0.389. The highest BCUT2D eigenvalue weighted by Crippen LogP contribution is 2.36. The molecule has 2 amide bonds. The van der Waals surface area contributed by atoms with E-state index in [1.165, 1.54) is 16.7 Å². The lowest BCUT2D eigenvalue weighted by Crippen LogP contribution is -2.34. The Morgan fingerprint density at radius 1 is 1.44 bits per heavy atom. The van der Waals surface area contributed by atoms with Crippen LogP contribution in [0.4, 0.5) is 5.69 Å². The van der Waals surface area contributed by atoms with Gasteiger partial charge in [-0.15, -0.1) is 0 Å². The predicted octanol–water partition coefficient (Wildman–Crippen LogP) is 2.11. The second kappa shape index (κ2) is 7.72. The number of benzene rings is 1. The van der Waals surface area contributed by atoms with Gasteiger partial charge in [-0.05, 0) is 31.9 Å². The second-order valence-corrected chi connectivity index (χ2v) is 6.95. The molecular weight excluding hydrogens is 338 g/mol. The molecule has 0 aliphatic carbocycles. The molecule has 2 saturated heterocycles. The number of nitrogens with zero attached hydrogens (tertiary/aromatic N) is 2. The molecule has 6 nitrogen and oxygen atoms in total. The molecule has 2 aliphatic heterocycles. The van der Waals surface area contributed by atoms with E-state index in [0.29, 0.717) is 23.9 Å². The number of hydrogen-bond acceptors (Lipinski definition) is 5. The zero-order valence-electron chi connectivity index (χ0n) is 13.9. The molecule has 0 unspecified atom stereocenters. The van der Waals surface area contributed by atoms with Crippen LogP contribution in [-0.4, -0.2) is 36.8 Å². The van der Waals surface area contributed by atoms with Gasteiger partial charge in [0.05, 0.1) is 11.9 Å². The zero-order chi connectivity index (χ0) is 17.8. The number of hydrogen-bond donors (Lipinski definition) is 1. The number of thioether (sulfide) groups is 1. The molecule has 0 spiro atoms. The van der Waals surface area contributed by atoms with Crippen molar-refractivity contribution in [2.24, 2.45) is 0 Å². The highest BCUT2D eigenvalue weighted by molar-refractivity contribution is 8.04. The topological polar surface area (TPSA) is 82.4 Å². The number of carbonyl (C=O) groups excluding carboxylic acids is 2. The van der Waals surface area contributed by atoms with Crippen molar-refractivity contribution >= 4 is 29.3 Å². The Labute approximate surface area is 150 Å². The molecule has 0 saturated carbocycles. The summed E-state index contributed by atoms with van der Waals surface area (Å²) < 4.78 is 5.48. The third kappa shape index (κ3) is 3.86. The van der Waals surface area contributed by atoms with Crippen LogP contribution < -0.4 is 10.2 Å². The van der Waals surface area contributed by atoms with E-state index in [1.807, 2.05) is 37.3 Å². The first-order chi connectivity index (χ1) is 12.1. The normalized spacial score (nSPS) is 22.0. The van der Waals surface area contributed by atoms with E-state index < -0.39 is 5.91 Å². The molecule has 1 aromatic rings. The molecule has 2 heterocycles. The SMILES string of the molecule is Cc1ccc(N2C(=O)CS/C2=C(\C#N)C(=O)NC[C@@H]2CCCO2)cc1. The van der Waals surface area contributed by atoms with Gasteiger partial charge in [0.2, 0.25) is 5.91 Å². The summed E-state index contributed by atoms with van der Waals surface area (Å²) in [6.45, 7) is 3.04. The lowest BCUT2D eigenvalue weighted by Gasteiger charge is -2.19. The van der Waals surface area contributed by atoms with Gasteiger partial charge in [0.25, 0.3) is 5.91 Å². The van der Waals surface area contributed by atoms with Crippen LogP contribution in [0.25, 0.3) is 0 Å². The van der Waals surface area contributed by atoms with Crippen LogP contribution in [0.1, 0.15) is 18.4 Å². The van der Waals surface area contributed by atoms with Crippen LogP contribution in [0.2, 0.25) is 0 Å². The molecule has 1 N–H and O–H groups in total. The van der Waals surface area contributed by atoms with Gasteiger partial charge >= 0.3 is 0 Å². The highest BCUT2D eigenvalue weighted by Gasteiger charge is 2.33. The van der Waals surface area contributed by atoms with Gasteiger partial charge in [-0.2, -0.15) is 5.26 Å². The molecule has 2 aliphatic rings. The van der Waals surface area contributed by atoms with Crippen LogP contribution in [-0.2, 0) is 14.3 Å². The van der Waals surface area contributed by atoms with Gasteiger partial charge in [0.15, 0.2) is 0 Å². The summed E-state index contributed by atoms with van der Waals surface area (Å²) in [5, 5.41) is 12.6. The van der Waals surface area contributed by atoms with Crippen molar-refractivity contribution in [2.75, 3.05) is 23.8 Å².